The van der Waals surface area contributed by atoms with Crippen LogP contribution in [0.25, 0.3) is 0 Å². The second-order valence-electron chi connectivity index (χ2n) is 6.23. The van der Waals surface area contributed by atoms with E-state index in [0.29, 0.717) is 12.8 Å². The Morgan fingerprint density at radius 1 is 1.40 bits per heavy atom. The zero-order chi connectivity index (χ0) is 15.5. The predicted octanol–water partition coefficient (Wildman–Crippen LogP) is 2.75. The molecule has 3 atom stereocenters. The Bertz CT molecular complexity index is 386. The fourth-order valence-electron chi connectivity index (χ4n) is 2.57. The van der Waals surface area contributed by atoms with Crippen molar-refractivity contribution in [1.82, 2.24) is 4.90 Å². The van der Waals surface area contributed by atoms with Crippen molar-refractivity contribution < 1.29 is 19.1 Å². The zero-order valence-electron chi connectivity index (χ0n) is 13.0. The van der Waals surface area contributed by atoms with Gasteiger partial charge in [0.25, 0.3) is 0 Å². The van der Waals surface area contributed by atoms with Crippen LogP contribution < -0.4 is 0 Å². The van der Waals surface area contributed by atoms with E-state index < -0.39 is 23.7 Å². The molecule has 20 heavy (non-hydrogen) atoms. The van der Waals surface area contributed by atoms with Gasteiger partial charge in [-0.05, 0) is 39.5 Å². The van der Waals surface area contributed by atoms with Crippen LogP contribution in [0.5, 0.6) is 0 Å². The molecule has 1 aliphatic rings. The van der Waals surface area contributed by atoms with E-state index in [4.69, 9.17) is 9.47 Å². The maximum atomic E-state index is 12.4. The molecule has 0 radical (unpaired) electrons. The highest BCUT2D eigenvalue weighted by molar-refractivity contribution is 5.82. The van der Waals surface area contributed by atoms with Crippen LogP contribution in [0.4, 0.5) is 4.79 Å². The van der Waals surface area contributed by atoms with Gasteiger partial charge >= 0.3 is 12.1 Å². The summed E-state index contributed by atoms with van der Waals surface area (Å²) in [5, 5.41) is 0. The van der Waals surface area contributed by atoms with Crippen LogP contribution in [0.3, 0.4) is 0 Å². The highest BCUT2D eigenvalue weighted by atomic mass is 16.6. The van der Waals surface area contributed by atoms with E-state index in [-0.39, 0.29) is 12.0 Å². The molecule has 0 spiro atoms. The monoisotopic (exact) mass is 283 g/mol. The normalized spacial score (nSPS) is 26.2. The lowest BCUT2D eigenvalue weighted by molar-refractivity contribution is -0.146. The number of nitrogens with zero attached hydrogens (tertiary/aromatic N) is 1. The van der Waals surface area contributed by atoms with E-state index in [1.54, 1.807) is 26.8 Å². The van der Waals surface area contributed by atoms with Crippen molar-refractivity contribution in [2.75, 3.05) is 7.11 Å². The third kappa shape index (κ3) is 3.74. The average molecular weight is 283 g/mol. The molecule has 114 valence electrons. The van der Waals surface area contributed by atoms with Gasteiger partial charge in [0, 0.05) is 6.04 Å². The van der Waals surface area contributed by atoms with E-state index in [9.17, 15) is 9.59 Å². The maximum Gasteiger partial charge on any atom is 0.411 e. The van der Waals surface area contributed by atoms with Gasteiger partial charge in [0.2, 0.25) is 0 Å². The van der Waals surface area contributed by atoms with Crippen molar-refractivity contribution in [2.24, 2.45) is 5.92 Å². The summed E-state index contributed by atoms with van der Waals surface area (Å²) in [7, 11) is 1.33. The van der Waals surface area contributed by atoms with Crippen molar-refractivity contribution in [3.05, 3.63) is 12.7 Å². The van der Waals surface area contributed by atoms with Crippen LogP contribution in [0.15, 0.2) is 12.7 Å². The topological polar surface area (TPSA) is 55.8 Å². The molecule has 0 aromatic carbocycles. The number of rotatable bonds is 3. The second kappa shape index (κ2) is 6.29. The molecule has 1 heterocycles. The highest BCUT2D eigenvalue weighted by Crippen LogP contribution is 2.33. The summed E-state index contributed by atoms with van der Waals surface area (Å²) >= 11 is 0. The Balaban J connectivity index is 3.00. The Hall–Kier alpha value is -1.52. The number of esters is 1. The van der Waals surface area contributed by atoms with Gasteiger partial charge in [-0.25, -0.2) is 9.59 Å². The Morgan fingerprint density at radius 2 is 2.00 bits per heavy atom. The van der Waals surface area contributed by atoms with Crippen LogP contribution in [0.2, 0.25) is 0 Å². The van der Waals surface area contributed by atoms with Crippen LogP contribution in [0, 0.1) is 5.92 Å². The first-order valence-corrected chi connectivity index (χ1v) is 6.91. The van der Waals surface area contributed by atoms with E-state index >= 15 is 0 Å². The summed E-state index contributed by atoms with van der Waals surface area (Å²) < 4.78 is 10.2. The van der Waals surface area contributed by atoms with Crippen molar-refractivity contribution >= 4 is 12.1 Å². The van der Waals surface area contributed by atoms with Gasteiger partial charge in [0.1, 0.15) is 11.6 Å². The van der Waals surface area contributed by atoms with Gasteiger partial charge in [-0.15, -0.1) is 6.58 Å². The number of carbonyl (C=O) groups is 2. The van der Waals surface area contributed by atoms with Crippen LogP contribution >= 0.6 is 0 Å². The standard InChI is InChI=1S/C15H25NO4/c1-7-8-11-10(2)9-12(13(17)19-6)16(11)14(18)20-15(3,4)5/h7,10-12H,1,8-9H2,2-6H3/t10-,11?,12-/m0/s1. The number of hydrogen-bond acceptors (Lipinski definition) is 4. The van der Waals surface area contributed by atoms with Crippen molar-refractivity contribution in [3.63, 3.8) is 0 Å². The Morgan fingerprint density at radius 3 is 2.45 bits per heavy atom. The molecule has 1 rings (SSSR count). The summed E-state index contributed by atoms with van der Waals surface area (Å²) in [6.07, 6.45) is 2.51. The summed E-state index contributed by atoms with van der Waals surface area (Å²) in [6, 6.07) is -0.652. The molecular formula is C15H25NO4. The number of amides is 1. The molecule has 1 unspecified atom stereocenters. The fourth-order valence-corrected chi connectivity index (χ4v) is 2.57. The SMILES string of the molecule is C=CCC1[C@@H](C)C[C@@H](C(=O)OC)N1C(=O)OC(C)(C)C. The Kier molecular flexibility index (Phi) is 5.20. The summed E-state index contributed by atoms with van der Waals surface area (Å²) in [6.45, 7) is 11.2. The number of methoxy groups -OCH3 is 1. The molecular weight excluding hydrogens is 258 g/mol. The third-order valence-electron chi connectivity index (χ3n) is 3.43. The smallest absolute Gasteiger partial charge is 0.411 e. The molecule has 1 aliphatic heterocycles. The van der Waals surface area contributed by atoms with Crippen molar-refractivity contribution in [1.29, 1.82) is 0 Å². The van der Waals surface area contributed by atoms with Crippen LogP contribution in [-0.2, 0) is 14.3 Å². The number of likely N-dealkylation sites (tertiary alicyclic amines) is 1. The van der Waals surface area contributed by atoms with Crippen LogP contribution in [-0.4, -0.2) is 41.8 Å². The zero-order valence-corrected chi connectivity index (χ0v) is 13.0. The van der Waals surface area contributed by atoms with Crippen LogP contribution in [0.1, 0.15) is 40.5 Å². The highest BCUT2D eigenvalue weighted by Gasteiger charge is 2.46. The van der Waals surface area contributed by atoms with Gasteiger partial charge < -0.3 is 9.47 Å². The van der Waals surface area contributed by atoms with Gasteiger partial charge in [-0.2, -0.15) is 0 Å². The predicted molar refractivity (Wildman–Crippen MR) is 76.3 cm³/mol. The fraction of sp³-hybridized carbons (Fsp3) is 0.733. The number of hydrogen-bond donors (Lipinski definition) is 0. The van der Waals surface area contributed by atoms with E-state index in [1.165, 1.54) is 12.0 Å². The van der Waals surface area contributed by atoms with Gasteiger partial charge in [-0.3, -0.25) is 4.90 Å². The third-order valence-corrected chi connectivity index (χ3v) is 3.43. The minimum absolute atomic E-state index is 0.0774. The first-order chi connectivity index (χ1) is 9.21. The molecule has 5 nitrogen and oxygen atoms in total. The molecule has 0 aliphatic carbocycles. The molecule has 1 saturated heterocycles. The Labute approximate surface area is 120 Å². The molecule has 5 heteroatoms. The number of ether oxygens (including phenoxy) is 2. The molecule has 1 fully saturated rings. The average Bonchev–Trinajstić information content (AvgIpc) is 2.64. The van der Waals surface area contributed by atoms with Gasteiger partial charge in [0.15, 0.2) is 0 Å². The van der Waals surface area contributed by atoms with Gasteiger partial charge in [-0.1, -0.05) is 13.0 Å². The lowest BCUT2D eigenvalue weighted by Gasteiger charge is -2.31. The van der Waals surface area contributed by atoms with Gasteiger partial charge in [0.05, 0.1) is 7.11 Å². The summed E-state index contributed by atoms with van der Waals surface area (Å²) in [4.78, 5) is 25.8. The molecule has 0 saturated carbocycles. The minimum Gasteiger partial charge on any atom is -0.467 e. The number of carbonyl (C=O) groups excluding carboxylic acids is 2. The molecule has 0 aromatic rings. The first kappa shape index (κ1) is 16.5. The summed E-state index contributed by atoms with van der Waals surface area (Å²) in [5.41, 5.74) is -0.595. The van der Waals surface area contributed by atoms with E-state index in [1.807, 2.05) is 6.92 Å². The van der Waals surface area contributed by atoms with E-state index in [0.717, 1.165) is 0 Å². The second-order valence-corrected chi connectivity index (χ2v) is 6.23. The molecule has 0 N–H and O–H groups in total. The summed E-state index contributed by atoms with van der Waals surface area (Å²) in [5.74, 6) is -0.195. The van der Waals surface area contributed by atoms with E-state index in [2.05, 4.69) is 6.58 Å². The van der Waals surface area contributed by atoms with Crippen molar-refractivity contribution in [2.45, 2.75) is 58.2 Å². The quantitative estimate of drug-likeness (QED) is 0.590. The largest absolute Gasteiger partial charge is 0.467 e. The molecule has 0 aromatic heterocycles. The molecule has 0 bridgehead atoms. The lowest BCUT2D eigenvalue weighted by Crippen LogP contribution is -2.47. The molecule has 1 amide bonds. The first-order valence-electron chi connectivity index (χ1n) is 6.91. The minimum atomic E-state index is -0.595. The van der Waals surface area contributed by atoms with Crippen molar-refractivity contribution in [3.8, 4) is 0 Å². The lowest BCUT2D eigenvalue weighted by atomic mass is 9.99. The maximum absolute atomic E-state index is 12.4.